The number of amides is 1. The summed E-state index contributed by atoms with van der Waals surface area (Å²) in [6, 6.07) is 8.34. The molecule has 2 aliphatic rings. The Bertz CT molecular complexity index is 549. The van der Waals surface area contributed by atoms with Crippen molar-refractivity contribution in [3.8, 4) is 5.75 Å². The summed E-state index contributed by atoms with van der Waals surface area (Å²) in [6.07, 6.45) is 5.62. The minimum atomic E-state index is 0. The van der Waals surface area contributed by atoms with Crippen LogP contribution in [0, 0.1) is 24.7 Å². The molecule has 1 amide bonds. The molecule has 0 heterocycles. The predicted molar refractivity (Wildman–Crippen MR) is 103 cm³/mol. The van der Waals surface area contributed by atoms with Crippen LogP contribution in [0.2, 0.25) is 0 Å². The highest BCUT2D eigenvalue weighted by molar-refractivity contribution is 5.85. The molecule has 2 atom stereocenters. The van der Waals surface area contributed by atoms with Gasteiger partial charge in [-0.05, 0) is 56.6 Å². The molecule has 1 aromatic carbocycles. The third-order valence-corrected chi connectivity index (χ3v) is 5.85. The summed E-state index contributed by atoms with van der Waals surface area (Å²) in [5, 5.41) is 0. The number of halogens is 1. The number of benzene rings is 1. The molecule has 0 aromatic heterocycles. The first-order valence-corrected chi connectivity index (χ1v) is 9.24. The average molecular weight is 367 g/mol. The van der Waals surface area contributed by atoms with Crippen LogP contribution in [0.3, 0.4) is 0 Å². The molecule has 5 heteroatoms. The fourth-order valence-corrected chi connectivity index (χ4v) is 4.35. The fraction of sp³-hybridized carbons (Fsp3) is 0.650. The van der Waals surface area contributed by atoms with Gasteiger partial charge >= 0.3 is 0 Å². The monoisotopic (exact) mass is 366 g/mol. The van der Waals surface area contributed by atoms with Gasteiger partial charge in [0.25, 0.3) is 0 Å². The number of nitrogens with zero attached hydrogens (tertiary/aromatic N) is 1. The zero-order valence-corrected chi connectivity index (χ0v) is 16.1. The predicted octanol–water partition coefficient (Wildman–Crippen LogP) is 3.41. The normalized spacial score (nSPS) is 28.0. The zero-order valence-electron chi connectivity index (χ0n) is 15.3. The number of rotatable bonds is 5. The summed E-state index contributed by atoms with van der Waals surface area (Å²) in [5.41, 5.74) is 7.55. The molecule has 2 saturated carbocycles. The van der Waals surface area contributed by atoms with E-state index in [1.165, 1.54) is 24.8 Å². The van der Waals surface area contributed by atoms with Crippen LogP contribution in [-0.4, -0.2) is 37.0 Å². The minimum absolute atomic E-state index is 0. The molecule has 2 aliphatic carbocycles. The molecule has 2 fully saturated rings. The standard InChI is InChI=1S/C20H30N2O2.ClH/c1-14-6-8-18(9-7-14)24-11-10-22(2)20(23)17-12-15-4-3-5-16(13-17)19(15)21;/h6-9,15-17,19H,3-5,10-13,21H2,1-2H3;1H. The molecule has 2 N–H and O–H groups in total. The van der Waals surface area contributed by atoms with Gasteiger partial charge in [0, 0.05) is 19.0 Å². The van der Waals surface area contributed by atoms with Gasteiger partial charge in [-0.1, -0.05) is 24.1 Å². The van der Waals surface area contributed by atoms with Crippen molar-refractivity contribution >= 4 is 18.3 Å². The van der Waals surface area contributed by atoms with E-state index >= 15 is 0 Å². The van der Waals surface area contributed by atoms with Gasteiger partial charge in [0.15, 0.2) is 0 Å². The third-order valence-electron chi connectivity index (χ3n) is 5.85. The Morgan fingerprint density at radius 3 is 2.40 bits per heavy atom. The maximum atomic E-state index is 12.8. The van der Waals surface area contributed by atoms with Crippen molar-refractivity contribution < 1.29 is 9.53 Å². The van der Waals surface area contributed by atoms with E-state index in [4.69, 9.17) is 10.5 Å². The van der Waals surface area contributed by atoms with E-state index in [2.05, 4.69) is 6.92 Å². The highest BCUT2D eigenvalue weighted by Gasteiger charge is 2.41. The van der Waals surface area contributed by atoms with Crippen molar-refractivity contribution in [3.05, 3.63) is 29.8 Å². The van der Waals surface area contributed by atoms with E-state index in [-0.39, 0.29) is 24.2 Å². The number of fused-ring (bicyclic) bond motifs is 2. The smallest absolute Gasteiger partial charge is 0.225 e. The van der Waals surface area contributed by atoms with Crippen LogP contribution >= 0.6 is 12.4 Å². The van der Waals surface area contributed by atoms with E-state index in [9.17, 15) is 4.79 Å². The number of carbonyl (C=O) groups excluding carboxylic acids is 1. The topological polar surface area (TPSA) is 55.6 Å². The number of ether oxygens (including phenoxy) is 1. The highest BCUT2D eigenvalue weighted by atomic mass is 35.5. The van der Waals surface area contributed by atoms with E-state index < -0.39 is 0 Å². The number of likely N-dealkylation sites (N-methyl/N-ethyl adjacent to an activating group) is 1. The van der Waals surface area contributed by atoms with Gasteiger partial charge in [-0.2, -0.15) is 0 Å². The first kappa shape index (κ1) is 20.1. The first-order valence-electron chi connectivity index (χ1n) is 9.24. The molecular weight excluding hydrogens is 336 g/mol. The number of aryl methyl sites for hydroxylation is 1. The van der Waals surface area contributed by atoms with Crippen LogP contribution in [-0.2, 0) is 4.79 Å². The molecule has 2 bridgehead atoms. The minimum Gasteiger partial charge on any atom is -0.492 e. The number of carbonyl (C=O) groups is 1. The average Bonchev–Trinajstić information content (AvgIpc) is 2.55. The van der Waals surface area contributed by atoms with Gasteiger partial charge in [-0.25, -0.2) is 0 Å². The third kappa shape index (κ3) is 4.89. The molecular formula is C20H31ClN2O2. The van der Waals surface area contributed by atoms with Crippen molar-refractivity contribution in [3.63, 3.8) is 0 Å². The lowest BCUT2D eigenvalue weighted by Gasteiger charge is -2.44. The second-order valence-corrected chi connectivity index (χ2v) is 7.62. The van der Waals surface area contributed by atoms with E-state index in [0.29, 0.717) is 31.0 Å². The Morgan fingerprint density at radius 1 is 1.20 bits per heavy atom. The van der Waals surface area contributed by atoms with Gasteiger partial charge in [0.05, 0.1) is 6.54 Å². The van der Waals surface area contributed by atoms with E-state index in [1.807, 2.05) is 36.2 Å². The summed E-state index contributed by atoms with van der Waals surface area (Å²) >= 11 is 0. The Morgan fingerprint density at radius 2 is 1.80 bits per heavy atom. The van der Waals surface area contributed by atoms with Gasteiger partial charge < -0.3 is 15.4 Å². The number of nitrogens with two attached hydrogens (primary N) is 1. The lowest BCUT2D eigenvalue weighted by Crippen LogP contribution is -2.49. The molecule has 3 rings (SSSR count). The van der Waals surface area contributed by atoms with Crippen LogP contribution in [0.1, 0.15) is 37.7 Å². The molecule has 4 nitrogen and oxygen atoms in total. The molecule has 140 valence electrons. The second kappa shape index (κ2) is 8.91. The van der Waals surface area contributed by atoms with Crippen LogP contribution in [0.4, 0.5) is 0 Å². The van der Waals surface area contributed by atoms with Crippen molar-refractivity contribution in [1.82, 2.24) is 4.90 Å². The van der Waals surface area contributed by atoms with Crippen molar-refractivity contribution in [2.24, 2.45) is 23.5 Å². The Labute approximate surface area is 157 Å². The highest BCUT2D eigenvalue weighted by Crippen LogP contribution is 2.42. The summed E-state index contributed by atoms with van der Waals surface area (Å²) in [7, 11) is 1.89. The summed E-state index contributed by atoms with van der Waals surface area (Å²) < 4.78 is 5.75. The van der Waals surface area contributed by atoms with Crippen molar-refractivity contribution in [2.75, 3.05) is 20.2 Å². The Hall–Kier alpha value is -1.26. The SMILES string of the molecule is Cc1ccc(OCCN(C)C(=O)C2CC3CCCC(C2)C3N)cc1.Cl. The Kier molecular flexibility index (Phi) is 7.14. The van der Waals surface area contributed by atoms with Gasteiger partial charge in [-0.3, -0.25) is 4.79 Å². The van der Waals surface area contributed by atoms with Crippen LogP contribution in [0.15, 0.2) is 24.3 Å². The van der Waals surface area contributed by atoms with Gasteiger partial charge in [0.1, 0.15) is 12.4 Å². The number of hydrogen-bond acceptors (Lipinski definition) is 3. The molecule has 1 aromatic rings. The quantitative estimate of drug-likeness (QED) is 0.868. The molecule has 0 saturated heterocycles. The molecule has 2 unspecified atom stereocenters. The maximum absolute atomic E-state index is 12.8. The summed E-state index contributed by atoms with van der Waals surface area (Å²) in [4.78, 5) is 14.6. The first-order chi connectivity index (χ1) is 11.5. The largest absolute Gasteiger partial charge is 0.492 e. The van der Waals surface area contributed by atoms with E-state index in [0.717, 1.165) is 18.6 Å². The lowest BCUT2D eigenvalue weighted by atomic mass is 9.65. The summed E-state index contributed by atoms with van der Waals surface area (Å²) in [6.45, 7) is 3.22. The zero-order chi connectivity index (χ0) is 17.1. The van der Waals surface area contributed by atoms with E-state index in [1.54, 1.807) is 0 Å². The lowest BCUT2D eigenvalue weighted by molar-refractivity contribution is -0.137. The van der Waals surface area contributed by atoms with Crippen molar-refractivity contribution in [1.29, 1.82) is 0 Å². The van der Waals surface area contributed by atoms with Gasteiger partial charge in [-0.15, -0.1) is 12.4 Å². The number of hydrogen-bond donors (Lipinski definition) is 1. The molecule has 0 spiro atoms. The fourth-order valence-electron chi connectivity index (χ4n) is 4.35. The van der Waals surface area contributed by atoms with Crippen LogP contribution in [0.25, 0.3) is 0 Å². The Balaban J connectivity index is 0.00000225. The van der Waals surface area contributed by atoms with Crippen LogP contribution in [0.5, 0.6) is 5.75 Å². The second-order valence-electron chi connectivity index (χ2n) is 7.62. The van der Waals surface area contributed by atoms with Crippen LogP contribution < -0.4 is 10.5 Å². The van der Waals surface area contributed by atoms with Crippen molar-refractivity contribution in [2.45, 2.75) is 45.1 Å². The maximum Gasteiger partial charge on any atom is 0.225 e. The summed E-state index contributed by atoms with van der Waals surface area (Å²) in [5.74, 6) is 2.38. The molecule has 0 radical (unpaired) electrons. The molecule has 0 aliphatic heterocycles. The molecule has 25 heavy (non-hydrogen) atoms. The van der Waals surface area contributed by atoms with Gasteiger partial charge in [0.2, 0.25) is 5.91 Å².